The van der Waals surface area contributed by atoms with Gasteiger partial charge in [-0.15, -0.1) is 0 Å². The van der Waals surface area contributed by atoms with E-state index in [1.165, 1.54) is 6.07 Å². The molecule has 0 bridgehead atoms. The quantitative estimate of drug-likeness (QED) is 0.441. The lowest BCUT2D eigenvalue weighted by molar-refractivity contribution is 0.615. The summed E-state index contributed by atoms with van der Waals surface area (Å²) in [5, 5.41) is 7.12. The monoisotopic (exact) mass is 374 g/mol. The van der Waals surface area contributed by atoms with Gasteiger partial charge in [0.1, 0.15) is 11.0 Å². The van der Waals surface area contributed by atoms with E-state index in [2.05, 4.69) is 15.6 Å². The van der Waals surface area contributed by atoms with Gasteiger partial charge in [-0.2, -0.15) is 0 Å². The van der Waals surface area contributed by atoms with Crippen molar-refractivity contribution in [3.63, 3.8) is 0 Å². The van der Waals surface area contributed by atoms with Crippen molar-refractivity contribution in [2.24, 2.45) is 4.99 Å². The van der Waals surface area contributed by atoms with E-state index >= 15 is 0 Å². The van der Waals surface area contributed by atoms with Gasteiger partial charge in [0.05, 0.1) is 6.54 Å². The van der Waals surface area contributed by atoms with Crippen molar-refractivity contribution < 1.29 is 4.39 Å². The van der Waals surface area contributed by atoms with Crippen LogP contribution in [0.25, 0.3) is 0 Å². The highest BCUT2D eigenvalue weighted by Gasteiger charge is 2.44. The zero-order chi connectivity index (χ0) is 18.4. The van der Waals surface area contributed by atoms with Crippen molar-refractivity contribution in [1.82, 2.24) is 15.6 Å². The molecule has 1 fully saturated rings. The number of aliphatic imine (C=N–C) groups is 1. The number of aromatic nitrogens is 1. The molecule has 2 N–H and O–H groups in total. The van der Waals surface area contributed by atoms with Gasteiger partial charge in [0.25, 0.3) is 0 Å². The Bertz CT molecular complexity index is 757. The number of nitrogens with one attached hydrogen (secondary N) is 2. The second-order valence-corrected chi connectivity index (χ2v) is 7.04. The fraction of sp³-hybridized carbons (Fsp3) is 0.400. The van der Waals surface area contributed by atoms with Crippen LogP contribution in [0.2, 0.25) is 5.15 Å². The molecule has 3 rings (SSSR count). The lowest BCUT2D eigenvalue weighted by Crippen LogP contribution is -2.39. The first kappa shape index (κ1) is 18.6. The average molecular weight is 375 g/mol. The fourth-order valence-electron chi connectivity index (χ4n) is 2.96. The van der Waals surface area contributed by atoms with Gasteiger partial charge in [-0.3, -0.25) is 4.99 Å². The molecular weight excluding hydrogens is 351 g/mol. The SMILES string of the molecule is CCNC(=NCC1(c2cccc(F)c2)CC1)NCCc1ccc(Cl)nc1. The number of guanidine groups is 1. The van der Waals surface area contributed by atoms with Crippen LogP contribution >= 0.6 is 11.6 Å². The number of nitrogens with zero attached hydrogens (tertiary/aromatic N) is 2. The van der Waals surface area contributed by atoms with Crippen molar-refractivity contribution in [1.29, 1.82) is 0 Å². The van der Waals surface area contributed by atoms with Crippen molar-refractivity contribution in [2.45, 2.75) is 31.6 Å². The van der Waals surface area contributed by atoms with Crippen molar-refractivity contribution in [2.75, 3.05) is 19.6 Å². The highest BCUT2D eigenvalue weighted by molar-refractivity contribution is 6.29. The van der Waals surface area contributed by atoms with Crippen LogP contribution in [0.4, 0.5) is 4.39 Å². The lowest BCUT2D eigenvalue weighted by Gasteiger charge is -2.16. The third-order valence-corrected chi connectivity index (χ3v) is 4.89. The molecule has 1 aromatic heterocycles. The van der Waals surface area contributed by atoms with Gasteiger partial charge in [-0.1, -0.05) is 29.8 Å². The maximum Gasteiger partial charge on any atom is 0.191 e. The summed E-state index contributed by atoms with van der Waals surface area (Å²) in [5.41, 5.74) is 2.16. The molecule has 0 aliphatic heterocycles. The Morgan fingerprint density at radius 1 is 1.27 bits per heavy atom. The molecule has 1 heterocycles. The average Bonchev–Trinajstić information content (AvgIpc) is 3.43. The second kappa shape index (κ2) is 8.49. The number of pyridine rings is 1. The molecule has 26 heavy (non-hydrogen) atoms. The molecule has 1 aliphatic carbocycles. The van der Waals surface area contributed by atoms with Crippen LogP contribution < -0.4 is 10.6 Å². The predicted molar refractivity (Wildman–Crippen MR) is 104 cm³/mol. The summed E-state index contributed by atoms with van der Waals surface area (Å²) in [6.07, 6.45) is 4.73. The Labute approximate surface area is 158 Å². The largest absolute Gasteiger partial charge is 0.357 e. The third kappa shape index (κ3) is 4.94. The number of hydrogen-bond acceptors (Lipinski definition) is 2. The van der Waals surface area contributed by atoms with Gasteiger partial charge in [0, 0.05) is 24.7 Å². The zero-order valence-corrected chi connectivity index (χ0v) is 15.7. The van der Waals surface area contributed by atoms with E-state index in [0.717, 1.165) is 49.4 Å². The minimum atomic E-state index is -0.181. The number of halogens is 2. The first-order chi connectivity index (χ1) is 12.6. The zero-order valence-electron chi connectivity index (χ0n) is 14.9. The molecule has 0 radical (unpaired) electrons. The summed E-state index contributed by atoms with van der Waals surface area (Å²) in [6, 6.07) is 10.7. The molecule has 0 amide bonds. The minimum absolute atomic E-state index is 0.00937. The number of benzene rings is 1. The van der Waals surface area contributed by atoms with Gasteiger partial charge in [-0.25, -0.2) is 9.37 Å². The molecule has 138 valence electrons. The fourth-order valence-corrected chi connectivity index (χ4v) is 3.07. The van der Waals surface area contributed by atoms with Gasteiger partial charge in [0.15, 0.2) is 5.96 Å². The molecule has 0 unspecified atom stereocenters. The molecule has 0 spiro atoms. The van der Waals surface area contributed by atoms with Crippen LogP contribution in [-0.2, 0) is 11.8 Å². The summed E-state index contributed by atoms with van der Waals surface area (Å²) in [5.74, 6) is 0.608. The minimum Gasteiger partial charge on any atom is -0.357 e. The second-order valence-electron chi connectivity index (χ2n) is 6.65. The van der Waals surface area contributed by atoms with Crippen molar-refractivity contribution in [3.8, 4) is 0 Å². The molecule has 2 aromatic rings. The highest BCUT2D eigenvalue weighted by atomic mass is 35.5. The van der Waals surface area contributed by atoms with Crippen LogP contribution in [-0.4, -0.2) is 30.6 Å². The summed E-state index contributed by atoms with van der Waals surface area (Å²) >= 11 is 5.81. The maximum atomic E-state index is 13.5. The topological polar surface area (TPSA) is 49.3 Å². The Morgan fingerprint density at radius 2 is 2.12 bits per heavy atom. The molecule has 1 aromatic carbocycles. The van der Waals surface area contributed by atoms with Gasteiger partial charge >= 0.3 is 0 Å². The van der Waals surface area contributed by atoms with E-state index in [0.29, 0.717) is 11.7 Å². The van der Waals surface area contributed by atoms with Crippen LogP contribution in [0.15, 0.2) is 47.6 Å². The van der Waals surface area contributed by atoms with Gasteiger partial charge in [-0.05, 0) is 55.5 Å². The van der Waals surface area contributed by atoms with Crippen LogP contribution in [0.3, 0.4) is 0 Å². The smallest absolute Gasteiger partial charge is 0.191 e. The van der Waals surface area contributed by atoms with Crippen molar-refractivity contribution in [3.05, 3.63) is 64.7 Å². The molecule has 0 atom stereocenters. The summed E-state index contributed by atoms with van der Waals surface area (Å²) in [6.45, 7) is 4.25. The molecule has 4 nitrogen and oxygen atoms in total. The molecule has 6 heteroatoms. The third-order valence-electron chi connectivity index (χ3n) is 4.67. The van der Waals surface area contributed by atoms with E-state index in [1.807, 2.05) is 19.1 Å². The highest BCUT2D eigenvalue weighted by Crippen LogP contribution is 2.48. The van der Waals surface area contributed by atoms with Gasteiger partial charge < -0.3 is 10.6 Å². The van der Waals surface area contributed by atoms with E-state index in [1.54, 1.807) is 24.4 Å². The molecule has 1 aliphatic rings. The first-order valence-electron chi connectivity index (χ1n) is 9.00. The summed E-state index contributed by atoms with van der Waals surface area (Å²) in [7, 11) is 0. The molecular formula is C20H24ClFN4. The Kier molecular flexibility index (Phi) is 6.09. The van der Waals surface area contributed by atoms with E-state index < -0.39 is 0 Å². The Morgan fingerprint density at radius 3 is 2.77 bits per heavy atom. The van der Waals surface area contributed by atoms with Crippen LogP contribution in [0.1, 0.15) is 30.9 Å². The number of hydrogen-bond donors (Lipinski definition) is 2. The lowest BCUT2D eigenvalue weighted by atomic mass is 9.96. The predicted octanol–water partition coefficient (Wildman–Crippen LogP) is 3.70. The van der Waals surface area contributed by atoms with Gasteiger partial charge in [0.2, 0.25) is 0 Å². The summed E-state index contributed by atoms with van der Waals surface area (Å²) < 4.78 is 13.5. The normalized spacial score (nSPS) is 15.6. The van der Waals surface area contributed by atoms with E-state index in [-0.39, 0.29) is 11.2 Å². The molecule has 0 saturated heterocycles. The maximum absolute atomic E-state index is 13.5. The summed E-state index contributed by atoms with van der Waals surface area (Å²) in [4.78, 5) is 8.83. The Hall–Kier alpha value is -2.14. The standard InChI is InChI=1S/C20H24ClFN4/c1-2-23-19(24-11-8-15-6-7-18(21)25-13-15)26-14-20(9-10-20)16-4-3-5-17(22)12-16/h3-7,12-13H,2,8-11,14H2,1H3,(H2,23,24,26). The van der Waals surface area contributed by atoms with E-state index in [4.69, 9.17) is 16.6 Å². The van der Waals surface area contributed by atoms with Crippen molar-refractivity contribution >= 4 is 17.6 Å². The van der Waals surface area contributed by atoms with Crippen LogP contribution in [0, 0.1) is 5.82 Å². The first-order valence-corrected chi connectivity index (χ1v) is 9.38. The van der Waals surface area contributed by atoms with Crippen LogP contribution in [0.5, 0.6) is 0 Å². The molecule has 1 saturated carbocycles. The number of rotatable bonds is 7. The Balaban J connectivity index is 1.57. The van der Waals surface area contributed by atoms with E-state index in [9.17, 15) is 4.39 Å².